The number of para-hydroxylation sites is 2. The van der Waals surface area contributed by atoms with Crippen LogP contribution in [0.4, 0.5) is 0 Å². The van der Waals surface area contributed by atoms with E-state index in [-0.39, 0.29) is 24.6 Å². The molecule has 0 saturated carbocycles. The molecule has 0 spiro atoms. The molecule has 1 N–H and O–H groups in total. The first-order valence-corrected chi connectivity index (χ1v) is 9.83. The first-order valence-electron chi connectivity index (χ1n) is 9.83. The van der Waals surface area contributed by atoms with Gasteiger partial charge in [-0.25, -0.2) is 4.98 Å². The highest BCUT2D eigenvalue weighted by atomic mass is 16.5. The van der Waals surface area contributed by atoms with Gasteiger partial charge in [-0.1, -0.05) is 29.4 Å². The Balaban J connectivity index is 1.56. The van der Waals surface area contributed by atoms with Crippen LogP contribution in [-0.2, 0) is 13.2 Å². The van der Waals surface area contributed by atoms with Gasteiger partial charge in [0, 0.05) is 13.5 Å². The van der Waals surface area contributed by atoms with Gasteiger partial charge in [0.25, 0.3) is 11.5 Å². The van der Waals surface area contributed by atoms with Crippen molar-refractivity contribution in [3.63, 3.8) is 0 Å². The quantitative estimate of drug-likeness (QED) is 0.490. The number of aromatic amines is 1. The molecule has 9 nitrogen and oxygen atoms in total. The molecule has 2 aromatic heterocycles. The Morgan fingerprint density at radius 2 is 1.90 bits per heavy atom. The molecule has 0 atom stereocenters. The van der Waals surface area contributed by atoms with Crippen molar-refractivity contribution in [3.05, 3.63) is 82.0 Å². The van der Waals surface area contributed by atoms with E-state index < -0.39 is 0 Å². The molecule has 0 aliphatic heterocycles. The van der Waals surface area contributed by atoms with Gasteiger partial charge in [0.15, 0.2) is 6.61 Å². The molecule has 4 rings (SSSR count). The number of nitrogens with one attached hydrogen (secondary N) is 1. The number of benzene rings is 2. The topological polar surface area (TPSA) is 114 Å². The lowest BCUT2D eigenvalue weighted by atomic mass is 10.1. The van der Waals surface area contributed by atoms with E-state index in [0.717, 1.165) is 0 Å². The van der Waals surface area contributed by atoms with Crippen molar-refractivity contribution in [3.8, 4) is 5.75 Å². The molecule has 0 unspecified atom stereocenters. The molecule has 158 valence electrons. The van der Waals surface area contributed by atoms with Gasteiger partial charge >= 0.3 is 0 Å². The fourth-order valence-corrected chi connectivity index (χ4v) is 3.20. The summed E-state index contributed by atoms with van der Waals surface area (Å²) in [6.45, 7) is 4.22. The van der Waals surface area contributed by atoms with Crippen molar-refractivity contribution in [2.24, 2.45) is 0 Å². The van der Waals surface area contributed by atoms with Crippen LogP contribution < -0.4 is 10.3 Å². The van der Waals surface area contributed by atoms with E-state index >= 15 is 0 Å². The number of H-pyrrole nitrogens is 1. The summed E-state index contributed by atoms with van der Waals surface area (Å²) >= 11 is 0. The molecule has 9 heteroatoms. The van der Waals surface area contributed by atoms with E-state index in [1.807, 2.05) is 13.0 Å². The van der Waals surface area contributed by atoms with Crippen molar-refractivity contribution in [1.82, 2.24) is 25.0 Å². The van der Waals surface area contributed by atoms with E-state index in [2.05, 4.69) is 20.1 Å². The number of amides is 1. The van der Waals surface area contributed by atoms with Gasteiger partial charge in [-0.05, 0) is 31.2 Å². The molecule has 4 aromatic rings. The van der Waals surface area contributed by atoms with Gasteiger partial charge in [0.1, 0.15) is 11.6 Å². The van der Waals surface area contributed by atoms with Crippen molar-refractivity contribution in [1.29, 1.82) is 0 Å². The average molecular weight is 419 g/mol. The summed E-state index contributed by atoms with van der Waals surface area (Å²) in [7, 11) is 0. The number of ether oxygens (including phenoxy) is 1. The summed E-state index contributed by atoms with van der Waals surface area (Å²) in [4.78, 5) is 38.5. The Bertz CT molecular complexity index is 1280. The molecule has 0 radical (unpaired) electrons. The first kappa shape index (κ1) is 20.3. The Kier molecular flexibility index (Phi) is 5.74. The SMILES string of the molecule is CCN(Cc1nc2ccccc2c(=O)[nH]1)C(=O)c1ccccc1OCc1noc(C)n1. The molecule has 0 fully saturated rings. The van der Waals surface area contributed by atoms with Gasteiger partial charge in [0.05, 0.1) is 23.0 Å². The fourth-order valence-electron chi connectivity index (χ4n) is 3.20. The Hall–Kier alpha value is -4.01. The molecular formula is C22H21N5O4. The van der Waals surface area contributed by atoms with Crippen LogP contribution in [0.1, 0.15) is 34.8 Å². The van der Waals surface area contributed by atoms with Crippen LogP contribution in [0.2, 0.25) is 0 Å². The summed E-state index contributed by atoms with van der Waals surface area (Å²) < 4.78 is 10.7. The molecule has 0 aliphatic carbocycles. The average Bonchev–Trinajstić information content (AvgIpc) is 3.21. The number of hydrogen-bond donors (Lipinski definition) is 1. The number of carbonyl (C=O) groups is 1. The van der Waals surface area contributed by atoms with E-state index in [9.17, 15) is 9.59 Å². The van der Waals surface area contributed by atoms with Gasteiger partial charge in [-0.15, -0.1) is 0 Å². The first-order chi connectivity index (χ1) is 15.0. The fraction of sp³-hybridized carbons (Fsp3) is 0.227. The summed E-state index contributed by atoms with van der Waals surface area (Å²) in [6.07, 6.45) is 0. The van der Waals surface area contributed by atoms with Crippen molar-refractivity contribution in [2.45, 2.75) is 27.0 Å². The van der Waals surface area contributed by atoms with E-state index in [4.69, 9.17) is 9.26 Å². The predicted octanol–water partition coefficient (Wildman–Crippen LogP) is 2.86. The standard InChI is InChI=1S/C22H21N5O4/c1-3-27(12-19-24-17-10-6-4-8-15(17)21(28)25-19)22(29)16-9-5-7-11-18(16)30-13-20-23-14(2)31-26-20/h4-11H,3,12-13H2,1-2H3,(H,24,25,28). The lowest BCUT2D eigenvalue weighted by Crippen LogP contribution is -2.32. The number of rotatable bonds is 7. The maximum Gasteiger partial charge on any atom is 0.258 e. The zero-order valence-electron chi connectivity index (χ0n) is 17.2. The molecule has 0 bridgehead atoms. The second-order valence-corrected chi connectivity index (χ2v) is 6.86. The number of fused-ring (bicyclic) bond motifs is 1. The maximum absolute atomic E-state index is 13.2. The van der Waals surface area contributed by atoms with Crippen LogP contribution in [0.25, 0.3) is 10.9 Å². The zero-order chi connectivity index (χ0) is 21.8. The lowest BCUT2D eigenvalue weighted by Gasteiger charge is -2.21. The summed E-state index contributed by atoms with van der Waals surface area (Å²) in [5.74, 6) is 1.42. The Morgan fingerprint density at radius 3 is 2.68 bits per heavy atom. The van der Waals surface area contributed by atoms with Gasteiger partial charge < -0.3 is 19.1 Å². The van der Waals surface area contributed by atoms with E-state index in [0.29, 0.717) is 46.3 Å². The lowest BCUT2D eigenvalue weighted by molar-refractivity contribution is 0.0743. The molecule has 0 saturated heterocycles. The summed E-state index contributed by atoms with van der Waals surface area (Å²) in [5.41, 5.74) is 0.750. The van der Waals surface area contributed by atoms with Crippen LogP contribution in [0, 0.1) is 6.92 Å². The monoisotopic (exact) mass is 419 g/mol. The third-order valence-electron chi connectivity index (χ3n) is 4.72. The third-order valence-corrected chi connectivity index (χ3v) is 4.72. The van der Waals surface area contributed by atoms with Crippen molar-refractivity contribution >= 4 is 16.8 Å². The number of aromatic nitrogens is 4. The number of nitrogens with zero attached hydrogens (tertiary/aromatic N) is 4. The van der Waals surface area contributed by atoms with Gasteiger partial charge in [-0.2, -0.15) is 4.98 Å². The Morgan fingerprint density at radius 1 is 1.13 bits per heavy atom. The number of hydrogen-bond acceptors (Lipinski definition) is 7. The van der Waals surface area contributed by atoms with Gasteiger partial charge in [0.2, 0.25) is 11.7 Å². The molecule has 1 amide bonds. The Labute approximate surface area is 177 Å². The van der Waals surface area contributed by atoms with Crippen LogP contribution >= 0.6 is 0 Å². The minimum absolute atomic E-state index is 0.0767. The van der Waals surface area contributed by atoms with E-state index in [1.54, 1.807) is 54.3 Å². The van der Waals surface area contributed by atoms with E-state index in [1.165, 1.54) is 0 Å². The number of aryl methyl sites for hydroxylation is 1. The smallest absolute Gasteiger partial charge is 0.258 e. The molecule has 2 aromatic carbocycles. The largest absolute Gasteiger partial charge is 0.485 e. The van der Waals surface area contributed by atoms with Crippen molar-refractivity contribution < 1.29 is 14.1 Å². The van der Waals surface area contributed by atoms with Crippen molar-refractivity contribution in [2.75, 3.05) is 6.54 Å². The minimum atomic E-state index is -0.238. The highest BCUT2D eigenvalue weighted by molar-refractivity contribution is 5.96. The summed E-state index contributed by atoms with van der Waals surface area (Å²) in [6, 6.07) is 14.0. The second-order valence-electron chi connectivity index (χ2n) is 6.86. The molecular weight excluding hydrogens is 398 g/mol. The zero-order valence-corrected chi connectivity index (χ0v) is 17.2. The minimum Gasteiger partial charge on any atom is -0.485 e. The third kappa shape index (κ3) is 4.45. The normalized spacial score (nSPS) is 10.9. The van der Waals surface area contributed by atoms with Crippen LogP contribution in [0.5, 0.6) is 5.75 Å². The van der Waals surface area contributed by atoms with Crippen LogP contribution in [0.3, 0.4) is 0 Å². The second kappa shape index (κ2) is 8.78. The molecule has 0 aliphatic rings. The number of carbonyl (C=O) groups excluding carboxylic acids is 1. The highest BCUT2D eigenvalue weighted by Gasteiger charge is 2.20. The summed E-state index contributed by atoms with van der Waals surface area (Å²) in [5, 5.41) is 4.31. The molecule has 31 heavy (non-hydrogen) atoms. The van der Waals surface area contributed by atoms with Gasteiger partial charge in [-0.3, -0.25) is 9.59 Å². The highest BCUT2D eigenvalue weighted by Crippen LogP contribution is 2.21. The molecule has 2 heterocycles. The van der Waals surface area contributed by atoms with Crippen LogP contribution in [0.15, 0.2) is 57.8 Å². The predicted molar refractivity (Wildman–Crippen MR) is 113 cm³/mol. The maximum atomic E-state index is 13.2. The van der Waals surface area contributed by atoms with Crippen LogP contribution in [-0.4, -0.2) is 37.5 Å².